The Morgan fingerprint density at radius 1 is 0.444 bits per heavy atom. The smallest absolute Gasteiger partial charge is 0.00695 e. The molecule has 4 aromatic rings. The van der Waals surface area contributed by atoms with Crippen molar-refractivity contribution in [2.24, 2.45) is 0 Å². The standard InChI is InChI=1S/C25H20S2/c1-27-25-16-12-23(13-17-25)21-8-4-19(5-9-21)18-2-6-20(7-3-18)22-10-14-24(26)15-11-22/h2-17,26H,1H3. The van der Waals surface area contributed by atoms with Crippen LogP contribution in [0.15, 0.2) is 107 Å². The Labute approximate surface area is 170 Å². The molecular weight excluding hydrogens is 364 g/mol. The number of hydrogen-bond donors (Lipinski definition) is 1. The molecule has 27 heavy (non-hydrogen) atoms. The maximum Gasteiger partial charge on any atom is 0.00695 e. The molecule has 0 spiro atoms. The van der Waals surface area contributed by atoms with E-state index in [4.69, 9.17) is 0 Å². The monoisotopic (exact) mass is 384 g/mol. The quantitative estimate of drug-likeness (QED) is 0.278. The van der Waals surface area contributed by atoms with Crippen molar-refractivity contribution in [1.29, 1.82) is 0 Å². The van der Waals surface area contributed by atoms with Gasteiger partial charge in [-0.1, -0.05) is 72.8 Å². The van der Waals surface area contributed by atoms with Crippen molar-refractivity contribution in [1.82, 2.24) is 0 Å². The lowest BCUT2D eigenvalue weighted by Crippen LogP contribution is -1.82. The minimum Gasteiger partial charge on any atom is -0.143 e. The summed E-state index contributed by atoms with van der Waals surface area (Å²) in [7, 11) is 0. The van der Waals surface area contributed by atoms with Gasteiger partial charge in [-0.15, -0.1) is 24.4 Å². The van der Waals surface area contributed by atoms with Gasteiger partial charge in [0, 0.05) is 9.79 Å². The average Bonchev–Trinajstić information content (AvgIpc) is 2.75. The summed E-state index contributed by atoms with van der Waals surface area (Å²) < 4.78 is 0. The van der Waals surface area contributed by atoms with Crippen LogP contribution in [0, 0.1) is 0 Å². The van der Waals surface area contributed by atoms with Gasteiger partial charge in [-0.25, -0.2) is 0 Å². The zero-order valence-corrected chi connectivity index (χ0v) is 16.8. The van der Waals surface area contributed by atoms with Crippen molar-refractivity contribution in [2.75, 3.05) is 6.26 Å². The van der Waals surface area contributed by atoms with Crippen molar-refractivity contribution >= 4 is 24.4 Å². The fourth-order valence-corrected chi connectivity index (χ4v) is 3.70. The average molecular weight is 385 g/mol. The fourth-order valence-electron chi connectivity index (χ4n) is 3.15. The zero-order chi connectivity index (χ0) is 18.6. The van der Waals surface area contributed by atoms with Gasteiger partial charge in [0.25, 0.3) is 0 Å². The minimum absolute atomic E-state index is 0.985. The van der Waals surface area contributed by atoms with Crippen LogP contribution in [0.2, 0.25) is 0 Å². The first-order valence-electron chi connectivity index (χ1n) is 8.87. The van der Waals surface area contributed by atoms with Crippen LogP contribution in [-0.2, 0) is 0 Å². The van der Waals surface area contributed by atoms with Gasteiger partial charge in [-0.05, 0) is 63.9 Å². The largest absolute Gasteiger partial charge is 0.143 e. The van der Waals surface area contributed by atoms with Gasteiger partial charge < -0.3 is 0 Å². The summed E-state index contributed by atoms with van der Waals surface area (Å²) in [5, 5.41) is 0. The fraction of sp³-hybridized carbons (Fsp3) is 0.0400. The van der Waals surface area contributed by atoms with E-state index >= 15 is 0 Å². The molecule has 0 nitrogen and oxygen atoms in total. The van der Waals surface area contributed by atoms with Gasteiger partial charge in [0.05, 0.1) is 0 Å². The Hall–Kier alpha value is -2.42. The molecule has 0 atom stereocenters. The topological polar surface area (TPSA) is 0 Å². The lowest BCUT2D eigenvalue weighted by molar-refractivity contribution is 1.46. The molecule has 0 saturated heterocycles. The molecule has 2 heteroatoms. The molecule has 0 N–H and O–H groups in total. The van der Waals surface area contributed by atoms with Crippen LogP contribution in [0.25, 0.3) is 33.4 Å². The van der Waals surface area contributed by atoms with E-state index in [0.717, 1.165) is 4.90 Å². The summed E-state index contributed by atoms with van der Waals surface area (Å²) in [5.74, 6) is 0. The Morgan fingerprint density at radius 3 is 1.00 bits per heavy atom. The normalized spacial score (nSPS) is 10.7. The van der Waals surface area contributed by atoms with Gasteiger partial charge in [-0.2, -0.15) is 0 Å². The van der Waals surface area contributed by atoms with E-state index in [9.17, 15) is 0 Å². The third kappa shape index (κ3) is 4.13. The molecule has 0 amide bonds. The molecule has 0 bridgehead atoms. The van der Waals surface area contributed by atoms with E-state index < -0.39 is 0 Å². The lowest BCUT2D eigenvalue weighted by atomic mass is 9.98. The van der Waals surface area contributed by atoms with Crippen LogP contribution in [-0.4, -0.2) is 6.26 Å². The highest BCUT2D eigenvalue weighted by Crippen LogP contribution is 2.28. The summed E-state index contributed by atoms with van der Waals surface area (Å²) >= 11 is 6.12. The van der Waals surface area contributed by atoms with Crippen LogP contribution in [0.1, 0.15) is 0 Å². The maximum atomic E-state index is 4.35. The first-order valence-corrected chi connectivity index (χ1v) is 10.5. The third-order valence-corrected chi connectivity index (χ3v) is 5.77. The summed E-state index contributed by atoms with van der Waals surface area (Å²) in [6.45, 7) is 0. The van der Waals surface area contributed by atoms with Gasteiger partial charge >= 0.3 is 0 Å². The van der Waals surface area contributed by atoms with Crippen LogP contribution in [0.3, 0.4) is 0 Å². The Bertz CT molecular complexity index is 1010. The number of rotatable bonds is 4. The Balaban J connectivity index is 1.55. The molecule has 0 heterocycles. The van der Waals surface area contributed by atoms with E-state index in [1.165, 1.54) is 38.3 Å². The van der Waals surface area contributed by atoms with Crippen LogP contribution >= 0.6 is 24.4 Å². The van der Waals surface area contributed by atoms with E-state index in [2.05, 4.69) is 104 Å². The van der Waals surface area contributed by atoms with E-state index in [0.29, 0.717) is 0 Å². The van der Waals surface area contributed by atoms with Gasteiger partial charge in [0.1, 0.15) is 0 Å². The molecule has 0 fully saturated rings. The third-order valence-electron chi connectivity index (χ3n) is 4.73. The molecule has 4 aromatic carbocycles. The second kappa shape index (κ2) is 8.08. The Morgan fingerprint density at radius 2 is 0.704 bits per heavy atom. The lowest BCUT2D eigenvalue weighted by Gasteiger charge is -2.07. The molecule has 0 aliphatic heterocycles. The van der Waals surface area contributed by atoms with E-state index in [1.54, 1.807) is 11.8 Å². The molecule has 0 unspecified atom stereocenters. The Kier molecular flexibility index (Phi) is 5.38. The highest BCUT2D eigenvalue weighted by molar-refractivity contribution is 7.98. The van der Waals surface area contributed by atoms with Gasteiger partial charge in [0.2, 0.25) is 0 Å². The summed E-state index contributed by atoms with van der Waals surface area (Å²) in [6, 6.07) is 34.5. The number of thioether (sulfide) groups is 1. The molecule has 0 aromatic heterocycles. The minimum atomic E-state index is 0.985. The van der Waals surface area contributed by atoms with Crippen molar-refractivity contribution in [3.63, 3.8) is 0 Å². The van der Waals surface area contributed by atoms with Crippen molar-refractivity contribution in [3.05, 3.63) is 97.1 Å². The molecule has 132 valence electrons. The number of thiol groups is 1. The second-order valence-electron chi connectivity index (χ2n) is 6.43. The highest BCUT2D eigenvalue weighted by atomic mass is 32.2. The predicted octanol–water partition coefficient (Wildman–Crippen LogP) is 7.70. The van der Waals surface area contributed by atoms with Crippen molar-refractivity contribution in [2.45, 2.75) is 9.79 Å². The molecule has 0 radical (unpaired) electrons. The van der Waals surface area contributed by atoms with Gasteiger partial charge in [0.15, 0.2) is 0 Å². The molecule has 4 rings (SSSR count). The van der Waals surface area contributed by atoms with Crippen LogP contribution in [0.5, 0.6) is 0 Å². The van der Waals surface area contributed by atoms with Crippen LogP contribution < -0.4 is 0 Å². The SMILES string of the molecule is CSc1ccc(-c2ccc(-c3ccc(-c4ccc(S)cc4)cc3)cc2)cc1. The summed E-state index contributed by atoms with van der Waals surface area (Å²) in [5.41, 5.74) is 7.39. The zero-order valence-electron chi connectivity index (χ0n) is 15.1. The number of benzene rings is 4. The predicted molar refractivity (Wildman–Crippen MR) is 122 cm³/mol. The van der Waals surface area contributed by atoms with E-state index in [-0.39, 0.29) is 0 Å². The van der Waals surface area contributed by atoms with E-state index in [1.807, 2.05) is 12.1 Å². The summed E-state index contributed by atoms with van der Waals surface area (Å²) in [6.07, 6.45) is 2.10. The van der Waals surface area contributed by atoms with Crippen molar-refractivity contribution < 1.29 is 0 Å². The molecular formula is C25H20S2. The van der Waals surface area contributed by atoms with Crippen LogP contribution in [0.4, 0.5) is 0 Å². The maximum absolute atomic E-state index is 4.35. The molecule has 0 saturated carbocycles. The van der Waals surface area contributed by atoms with Crippen molar-refractivity contribution in [3.8, 4) is 33.4 Å². The first-order chi connectivity index (χ1) is 13.2. The highest BCUT2D eigenvalue weighted by Gasteiger charge is 2.03. The molecule has 0 aliphatic rings. The first kappa shape index (κ1) is 18.0. The van der Waals surface area contributed by atoms with Gasteiger partial charge in [-0.3, -0.25) is 0 Å². The molecule has 0 aliphatic carbocycles. The summed E-state index contributed by atoms with van der Waals surface area (Å²) in [4.78, 5) is 2.28. The number of hydrogen-bond acceptors (Lipinski definition) is 2. The second-order valence-corrected chi connectivity index (χ2v) is 7.83.